The van der Waals surface area contributed by atoms with Gasteiger partial charge in [-0.2, -0.15) is 0 Å². The molecule has 2 saturated carbocycles. The van der Waals surface area contributed by atoms with Crippen molar-refractivity contribution in [1.29, 1.82) is 0 Å². The predicted octanol–water partition coefficient (Wildman–Crippen LogP) is 2.66. The smallest absolute Gasteiger partial charge is 0.233 e. The van der Waals surface area contributed by atoms with Gasteiger partial charge in [-0.1, -0.05) is 12.1 Å². The molecule has 0 radical (unpaired) electrons. The molecule has 1 heterocycles. The second kappa shape index (κ2) is 5.97. The SMILES string of the molecule is Cc1cccc(NC(=O)CCN2C(=O)[C@H]3[C@H]4CC[C@@H](C4)[C@@H]3C2=O)c1C. The fourth-order valence-electron chi connectivity index (χ4n) is 5.00. The fraction of sp³-hybridized carbons (Fsp3) is 0.550. The molecule has 4 atom stereocenters. The second-order valence-electron chi connectivity index (χ2n) is 7.76. The van der Waals surface area contributed by atoms with Crippen LogP contribution in [0.5, 0.6) is 0 Å². The predicted molar refractivity (Wildman–Crippen MR) is 93.7 cm³/mol. The summed E-state index contributed by atoms with van der Waals surface area (Å²) in [5.41, 5.74) is 2.94. The van der Waals surface area contributed by atoms with E-state index >= 15 is 0 Å². The molecule has 25 heavy (non-hydrogen) atoms. The topological polar surface area (TPSA) is 66.5 Å². The molecule has 4 rings (SSSR count). The molecule has 5 nitrogen and oxygen atoms in total. The molecule has 2 aliphatic carbocycles. The molecular weight excluding hydrogens is 316 g/mol. The first-order valence-corrected chi connectivity index (χ1v) is 9.18. The molecule has 1 aromatic carbocycles. The molecule has 0 spiro atoms. The van der Waals surface area contributed by atoms with Crippen LogP contribution in [0.4, 0.5) is 5.69 Å². The van der Waals surface area contributed by atoms with Gasteiger partial charge in [-0.15, -0.1) is 0 Å². The lowest BCUT2D eigenvalue weighted by Gasteiger charge is -2.19. The van der Waals surface area contributed by atoms with Crippen molar-refractivity contribution in [2.45, 2.75) is 39.5 Å². The molecule has 0 unspecified atom stereocenters. The first kappa shape index (κ1) is 16.3. The molecule has 1 N–H and O–H groups in total. The van der Waals surface area contributed by atoms with Crippen LogP contribution in [0.15, 0.2) is 18.2 Å². The third-order valence-electron chi connectivity index (χ3n) is 6.46. The number of fused-ring (bicyclic) bond motifs is 5. The number of anilines is 1. The van der Waals surface area contributed by atoms with E-state index in [1.54, 1.807) is 0 Å². The zero-order valence-electron chi connectivity index (χ0n) is 14.7. The van der Waals surface area contributed by atoms with E-state index in [1.165, 1.54) is 4.90 Å². The van der Waals surface area contributed by atoms with E-state index in [2.05, 4.69) is 5.32 Å². The van der Waals surface area contributed by atoms with E-state index in [4.69, 9.17) is 0 Å². The lowest BCUT2D eigenvalue weighted by molar-refractivity contribution is -0.140. The van der Waals surface area contributed by atoms with E-state index in [9.17, 15) is 14.4 Å². The normalized spacial score (nSPS) is 30.1. The summed E-state index contributed by atoms with van der Waals surface area (Å²) in [6.07, 6.45) is 3.34. The summed E-state index contributed by atoms with van der Waals surface area (Å²) in [5.74, 6) is 0.333. The van der Waals surface area contributed by atoms with E-state index in [1.807, 2.05) is 32.0 Å². The van der Waals surface area contributed by atoms with Crippen molar-refractivity contribution >= 4 is 23.4 Å². The van der Waals surface area contributed by atoms with E-state index in [-0.39, 0.29) is 42.5 Å². The zero-order chi connectivity index (χ0) is 17.7. The molecule has 3 aliphatic rings. The van der Waals surface area contributed by atoms with Gasteiger partial charge in [0, 0.05) is 18.7 Å². The van der Waals surface area contributed by atoms with Crippen LogP contribution in [0, 0.1) is 37.5 Å². The lowest BCUT2D eigenvalue weighted by Crippen LogP contribution is -2.35. The number of carbonyl (C=O) groups excluding carboxylic acids is 3. The summed E-state index contributed by atoms with van der Waals surface area (Å²) < 4.78 is 0. The van der Waals surface area contributed by atoms with Gasteiger partial charge >= 0.3 is 0 Å². The fourth-order valence-corrected chi connectivity index (χ4v) is 5.00. The quantitative estimate of drug-likeness (QED) is 0.857. The Bertz CT molecular complexity index is 729. The molecular formula is C20H24N2O3. The van der Waals surface area contributed by atoms with E-state index in [0.717, 1.165) is 36.1 Å². The van der Waals surface area contributed by atoms with Gasteiger partial charge in [-0.25, -0.2) is 0 Å². The van der Waals surface area contributed by atoms with Crippen molar-refractivity contribution in [3.63, 3.8) is 0 Å². The summed E-state index contributed by atoms with van der Waals surface area (Å²) >= 11 is 0. The van der Waals surface area contributed by atoms with Crippen molar-refractivity contribution < 1.29 is 14.4 Å². The van der Waals surface area contributed by atoms with Crippen molar-refractivity contribution in [1.82, 2.24) is 4.90 Å². The van der Waals surface area contributed by atoms with Crippen LogP contribution in [0.2, 0.25) is 0 Å². The number of carbonyl (C=O) groups is 3. The Balaban J connectivity index is 1.38. The summed E-state index contributed by atoms with van der Waals surface area (Å²) in [5, 5.41) is 2.90. The Hall–Kier alpha value is -2.17. The van der Waals surface area contributed by atoms with E-state index < -0.39 is 0 Å². The van der Waals surface area contributed by atoms with Gasteiger partial charge in [0.2, 0.25) is 17.7 Å². The lowest BCUT2D eigenvalue weighted by atomic mass is 9.81. The number of aryl methyl sites for hydroxylation is 1. The first-order chi connectivity index (χ1) is 12.0. The summed E-state index contributed by atoms with van der Waals surface area (Å²) in [7, 11) is 0. The minimum atomic E-state index is -0.158. The van der Waals surface area contributed by atoms with Gasteiger partial charge in [0.05, 0.1) is 11.8 Å². The number of rotatable bonds is 4. The third-order valence-corrected chi connectivity index (χ3v) is 6.46. The molecule has 132 valence electrons. The number of hydrogen-bond donors (Lipinski definition) is 1. The number of amides is 3. The van der Waals surface area contributed by atoms with Crippen LogP contribution in [0.25, 0.3) is 0 Å². The summed E-state index contributed by atoms with van der Waals surface area (Å²) in [6.45, 7) is 4.16. The van der Waals surface area contributed by atoms with Gasteiger partial charge in [-0.05, 0) is 62.1 Å². The highest BCUT2D eigenvalue weighted by Crippen LogP contribution is 2.56. The van der Waals surface area contributed by atoms with Crippen molar-refractivity contribution in [3.05, 3.63) is 29.3 Å². The number of imide groups is 1. The van der Waals surface area contributed by atoms with Crippen molar-refractivity contribution in [2.24, 2.45) is 23.7 Å². The average molecular weight is 340 g/mol. The van der Waals surface area contributed by atoms with Crippen molar-refractivity contribution in [2.75, 3.05) is 11.9 Å². The highest BCUT2D eigenvalue weighted by Gasteiger charge is 2.60. The van der Waals surface area contributed by atoms with Crippen LogP contribution in [0.1, 0.15) is 36.8 Å². The maximum atomic E-state index is 12.6. The van der Waals surface area contributed by atoms with Crippen LogP contribution in [-0.2, 0) is 14.4 Å². The number of benzene rings is 1. The van der Waals surface area contributed by atoms with Crippen molar-refractivity contribution in [3.8, 4) is 0 Å². The molecule has 3 fully saturated rings. The van der Waals surface area contributed by atoms with Crippen LogP contribution in [0.3, 0.4) is 0 Å². The zero-order valence-corrected chi connectivity index (χ0v) is 14.7. The number of hydrogen-bond acceptors (Lipinski definition) is 3. The minimum absolute atomic E-state index is 0.0401. The maximum Gasteiger partial charge on any atom is 0.233 e. The Kier molecular flexibility index (Phi) is 3.89. The van der Waals surface area contributed by atoms with Crippen LogP contribution < -0.4 is 5.32 Å². The Morgan fingerprint density at radius 3 is 2.40 bits per heavy atom. The second-order valence-corrected chi connectivity index (χ2v) is 7.76. The monoisotopic (exact) mass is 340 g/mol. The van der Waals surface area contributed by atoms with Gasteiger partial charge in [0.15, 0.2) is 0 Å². The van der Waals surface area contributed by atoms with Gasteiger partial charge in [0.25, 0.3) is 0 Å². The molecule has 3 amide bonds. The van der Waals surface area contributed by atoms with Crippen LogP contribution >= 0.6 is 0 Å². The first-order valence-electron chi connectivity index (χ1n) is 9.18. The number of likely N-dealkylation sites (tertiary alicyclic amines) is 1. The standard InChI is InChI=1S/C20H24N2O3/c1-11-4-3-5-15(12(11)2)21-16(23)8-9-22-19(24)17-13-6-7-14(10-13)18(17)20(22)25/h3-5,13-14,17-18H,6-10H2,1-2H3,(H,21,23)/t13-,14-,17-,18-/m0/s1. The molecule has 1 aliphatic heterocycles. The molecule has 0 aromatic heterocycles. The molecule has 1 aromatic rings. The van der Waals surface area contributed by atoms with E-state index in [0.29, 0.717) is 11.8 Å². The highest BCUT2D eigenvalue weighted by atomic mass is 16.2. The maximum absolute atomic E-state index is 12.6. The van der Waals surface area contributed by atoms with Gasteiger partial charge in [-0.3, -0.25) is 19.3 Å². The van der Waals surface area contributed by atoms with Gasteiger partial charge < -0.3 is 5.32 Å². The molecule has 5 heteroatoms. The Labute approximate surface area is 147 Å². The third kappa shape index (κ3) is 2.57. The van der Waals surface area contributed by atoms with Gasteiger partial charge in [0.1, 0.15) is 0 Å². The molecule has 2 bridgehead atoms. The molecule has 1 saturated heterocycles. The summed E-state index contributed by atoms with van der Waals surface area (Å²) in [4.78, 5) is 38.9. The highest BCUT2D eigenvalue weighted by molar-refractivity contribution is 6.06. The number of nitrogens with zero attached hydrogens (tertiary/aromatic N) is 1. The van der Waals surface area contributed by atoms with Crippen LogP contribution in [-0.4, -0.2) is 29.2 Å². The number of nitrogens with one attached hydrogen (secondary N) is 1. The largest absolute Gasteiger partial charge is 0.326 e. The average Bonchev–Trinajstić information content (AvgIpc) is 3.25. The Morgan fingerprint density at radius 1 is 1.12 bits per heavy atom. The summed E-state index contributed by atoms with van der Waals surface area (Å²) in [6, 6.07) is 5.77. The Morgan fingerprint density at radius 2 is 1.76 bits per heavy atom. The minimum Gasteiger partial charge on any atom is -0.326 e.